The molecule has 3 atom stereocenters. The summed E-state index contributed by atoms with van der Waals surface area (Å²) in [4.78, 5) is 12.7. The SMILES string of the molecule is CCNS(=O)(=O)c1ccc(/C=C/C(=O)NC(c2ccccc2)C2CC2C)cc1. The van der Waals surface area contributed by atoms with Crippen LogP contribution in [0.2, 0.25) is 0 Å². The second-order valence-corrected chi connectivity index (χ2v) is 8.94. The average Bonchev–Trinajstić information content (AvgIpc) is 3.41. The first kappa shape index (κ1) is 20.3. The summed E-state index contributed by atoms with van der Waals surface area (Å²) in [5.41, 5.74) is 1.89. The van der Waals surface area contributed by atoms with Crippen LogP contribution in [-0.2, 0) is 14.8 Å². The van der Waals surface area contributed by atoms with Crippen LogP contribution in [0.15, 0.2) is 65.6 Å². The molecule has 148 valence electrons. The molecule has 0 bridgehead atoms. The third-order valence-electron chi connectivity index (χ3n) is 5.01. The Kier molecular flexibility index (Phi) is 6.31. The molecular formula is C22H26N2O3S. The molecular weight excluding hydrogens is 372 g/mol. The van der Waals surface area contributed by atoms with Crippen molar-refractivity contribution in [3.8, 4) is 0 Å². The average molecular weight is 399 g/mol. The van der Waals surface area contributed by atoms with Gasteiger partial charge in [-0.1, -0.05) is 56.3 Å². The van der Waals surface area contributed by atoms with E-state index in [0.717, 1.165) is 17.5 Å². The molecule has 1 fully saturated rings. The first-order valence-electron chi connectivity index (χ1n) is 9.54. The zero-order chi connectivity index (χ0) is 20.1. The van der Waals surface area contributed by atoms with Gasteiger partial charge in [0, 0.05) is 12.6 Å². The molecule has 28 heavy (non-hydrogen) atoms. The maximum absolute atomic E-state index is 12.4. The number of carbonyl (C=O) groups is 1. The van der Waals surface area contributed by atoms with Crippen molar-refractivity contribution in [1.29, 1.82) is 0 Å². The van der Waals surface area contributed by atoms with Crippen molar-refractivity contribution in [2.75, 3.05) is 6.54 Å². The molecule has 1 saturated carbocycles. The Hall–Kier alpha value is -2.44. The summed E-state index contributed by atoms with van der Waals surface area (Å²) in [6.45, 7) is 4.27. The van der Waals surface area contributed by atoms with Crippen molar-refractivity contribution in [3.05, 3.63) is 71.8 Å². The number of amides is 1. The molecule has 0 saturated heterocycles. The van der Waals surface area contributed by atoms with Crippen LogP contribution >= 0.6 is 0 Å². The van der Waals surface area contributed by atoms with Gasteiger partial charge in [0.1, 0.15) is 0 Å². The molecule has 1 amide bonds. The standard InChI is InChI=1S/C22H26N2O3S/c1-3-23-28(26,27)19-12-9-17(10-13-19)11-14-21(25)24-22(20-15-16(20)2)18-7-5-4-6-8-18/h4-14,16,20,22-23H,3,15H2,1-2H3,(H,24,25)/b14-11+. The van der Waals surface area contributed by atoms with E-state index in [1.165, 1.54) is 18.2 Å². The van der Waals surface area contributed by atoms with E-state index < -0.39 is 10.0 Å². The number of nitrogens with one attached hydrogen (secondary N) is 2. The van der Waals surface area contributed by atoms with Crippen LogP contribution in [0.1, 0.15) is 37.4 Å². The minimum atomic E-state index is -3.47. The summed E-state index contributed by atoms with van der Waals surface area (Å²) in [7, 11) is -3.47. The van der Waals surface area contributed by atoms with E-state index in [1.807, 2.05) is 30.3 Å². The van der Waals surface area contributed by atoms with Gasteiger partial charge in [0.25, 0.3) is 0 Å². The van der Waals surface area contributed by atoms with Crippen molar-refractivity contribution in [2.45, 2.75) is 31.2 Å². The van der Waals surface area contributed by atoms with Crippen LogP contribution < -0.4 is 10.0 Å². The van der Waals surface area contributed by atoms with Gasteiger partial charge < -0.3 is 5.32 Å². The zero-order valence-corrected chi connectivity index (χ0v) is 16.9. The van der Waals surface area contributed by atoms with Crippen LogP contribution in [0.4, 0.5) is 0 Å². The van der Waals surface area contributed by atoms with E-state index in [0.29, 0.717) is 18.4 Å². The Morgan fingerprint density at radius 2 is 1.79 bits per heavy atom. The van der Waals surface area contributed by atoms with Crippen molar-refractivity contribution >= 4 is 22.0 Å². The summed E-state index contributed by atoms with van der Waals surface area (Å²) < 4.78 is 26.4. The van der Waals surface area contributed by atoms with Crippen molar-refractivity contribution in [1.82, 2.24) is 10.0 Å². The smallest absolute Gasteiger partial charge is 0.244 e. The predicted octanol–water partition coefficient (Wildman–Crippen LogP) is 3.51. The number of hydrogen-bond acceptors (Lipinski definition) is 3. The molecule has 2 N–H and O–H groups in total. The lowest BCUT2D eigenvalue weighted by atomic mass is 10.0. The largest absolute Gasteiger partial charge is 0.345 e. The Morgan fingerprint density at radius 1 is 1.14 bits per heavy atom. The minimum absolute atomic E-state index is 0.0148. The highest BCUT2D eigenvalue weighted by atomic mass is 32.2. The molecule has 0 aliphatic heterocycles. The predicted molar refractivity (Wildman–Crippen MR) is 111 cm³/mol. The second kappa shape index (κ2) is 8.71. The minimum Gasteiger partial charge on any atom is -0.345 e. The molecule has 6 heteroatoms. The van der Waals surface area contributed by atoms with Crippen molar-refractivity contribution in [2.24, 2.45) is 11.8 Å². The monoisotopic (exact) mass is 398 g/mol. The molecule has 0 heterocycles. The fraction of sp³-hybridized carbons (Fsp3) is 0.318. The highest BCUT2D eigenvalue weighted by Gasteiger charge is 2.40. The highest BCUT2D eigenvalue weighted by Crippen LogP contribution is 2.46. The molecule has 1 aliphatic rings. The van der Waals surface area contributed by atoms with Gasteiger partial charge in [-0.3, -0.25) is 4.79 Å². The van der Waals surface area contributed by atoms with Gasteiger partial charge in [-0.15, -0.1) is 0 Å². The fourth-order valence-corrected chi connectivity index (χ4v) is 4.36. The summed E-state index contributed by atoms with van der Waals surface area (Å²) in [6.07, 6.45) is 4.30. The van der Waals surface area contributed by atoms with Gasteiger partial charge >= 0.3 is 0 Å². The van der Waals surface area contributed by atoms with E-state index in [4.69, 9.17) is 0 Å². The van der Waals surface area contributed by atoms with Crippen molar-refractivity contribution in [3.63, 3.8) is 0 Å². The summed E-state index contributed by atoms with van der Waals surface area (Å²) in [5, 5.41) is 3.12. The molecule has 0 radical (unpaired) electrons. The second-order valence-electron chi connectivity index (χ2n) is 7.18. The van der Waals surface area contributed by atoms with Gasteiger partial charge in [0.2, 0.25) is 15.9 Å². The maximum Gasteiger partial charge on any atom is 0.244 e. The van der Waals surface area contributed by atoms with Crippen LogP contribution in [0.25, 0.3) is 6.08 Å². The van der Waals surface area contributed by atoms with Crippen LogP contribution in [-0.4, -0.2) is 20.9 Å². The number of sulfonamides is 1. The first-order chi connectivity index (χ1) is 13.4. The van der Waals surface area contributed by atoms with E-state index >= 15 is 0 Å². The van der Waals surface area contributed by atoms with E-state index in [2.05, 4.69) is 17.0 Å². The number of carbonyl (C=O) groups excluding carboxylic acids is 1. The normalized spacial score (nSPS) is 20.1. The molecule has 5 nitrogen and oxygen atoms in total. The van der Waals surface area contributed by atoms with E-state index in [9.17, 15) is 13.2 Å². The van der Waals surface area contributed by atoms with Gasteiger partial charge in [0.05, 0.1) is 10.9 Å². The molecule has 3 unspecified atom stereocenters. The lowest BCUT2D eigenvalue weighted by molar-refractivity contribution is -0.117. The van der Waals surface area contributed by atoms with Gasteiger partial charge in [-0.25, -0.2) is 13.1 Å². The molecule has 0 aromatic heterocycles. The quantitative estimate of drug-likeness (QED) is 0.668. The number of rotatable bonds is 8. The topological polar surface area (TPSA) is 75.3 Å². The fourth-order valence-electron chi connectivity index (χ4n) is 3.32. The summed E-state index contributed by atoms with van der Waals surface area (Å²) in [6, 6.07) is 16.5. The van der Waals surface area contributed by atoms with Gasteiger partial charge in [0.15, 0.2) is 0 Å². The molecule has 3 rings (SSSR count). The van der Waals surface area contributed by atoms with Gasteiger partial charge in [-0.05, 0) is 47.6 Å². The highest BCUT2D eigenvalue weighted by molar-refractivity contribution is 7.89. The Labute approximate surface area is 166 Å². The lowest BCUT2D eigenvalue weighted by Crippen LogP contribution is -2.28. The Morgan fingerprint density at radius 3 is 2.36 bits per heavy atom. The number of benzene rings is 2. The first-order valence-corrected chi connectivity index (χ1v) is 11.0. The number of hydrogen-bond donors (Lipinski definition) is 2. The van der Waals surface area contributed by atoms with E-state index in [1.54, 1.807) is 25.1 Å². The van der Waals surface area contributed by atoms with E-state index in [-0.39, 0.29) is 16.8 Å². The molecule has 2 aromatic carbocycles. The Balaban J connectivity index is 1.66. The lowest BCUT2D eigenvalue weighted by Gasteiger charge is -2.18. The summed E-state index contributed by atoms with van der Waals surface area (Å²) in [5.74, 6) is 0.924. The van der Waals surface area contributed by atoms with Gasteiger partial charge in [-0.2, -0.15) is 0 Å². The molecule has 2 aromatic rings. The molecule has 1 aliphatic carbocycles. The van der Waals surface area contributed by atoms with Crippen molar-refractivity contribution < 1.29 is 13.2 Å². The third kappa shape index (κ3) is 5.09. The van der Waals surface area contributed by atoms with Crippen LogP contribution in [0.3, 0.4) is 0 Å². The van der Waals surface area contributed by atoms with Crippen LogP contribution in [0.5, 0.6) is 0 Å². The Bertz CT molecular complexity index is 938. The maximum atomic E-state index is 12.4. The molecule has 0 spiro atoms. The third-order valence-corrected chi connectivity index (χ3v) is 6.57. The summed E-state index contributed by atoms with van der Waals surface area (Å²) >= 11 is 0. The zero-order valence-electron chi connectivity index (χ0n) is 16.1. The van der Waals surface area contributed by atoms with Crippen LogP contribution in [0, 0.1) is 11.8 Å².